The Morgan fingerprint density at radius 1 is 1.32 bits per heavy atom. The SMILES string of the molecule is CC(C)C(CN(C)C)NC1CCOc2ccccc21. The summed E-state index contributed by atoms with van der Waals surface area (Å²) < 4.78 is 5.73. The highest BCUT2D eigenvalue weighted by molar-refractivity contribution is 5.37. The monoisotopic (exact) mass is 262 g/mol. The van der Waals surface area contributed by atoms with Gasteiger partial charge in [0, 0.05) is 30.6 Å². The molecule has 1 N–H and O–H groups in total. The number of nitrogens with zero attached hydrogens (tertiary/aromatic N) is 1. The van der Waals surface area contributed by atoms with Gasteiger partial charge in [-0.05, 0) is 26.1 Å². The molecule has 2 unspecified atom stereocenters. The standard InChI is InChI=1S/C16H26N2O/c1-12(2)15(11-18(3)4)17-14-9-10-19-16-8-6-5-7-13(14)16/h5-8,12,14-15,17H,9-11H2,1-4H3. The predicted molar refractivity (Wildman–Crippen MR) is 79.6 cm³/mol. The summed E-state index contributed by atoms with van der Waals surface area (Å²) in [7, 11) is 4.27. The molecule has 0 saturated carbocycles. The highest BCUT2D eigenvalue weighted by Gasteiger charge is 2.25. The fraction of sp³-hybridized carbons (Fsp3) is 0.625. The summed E-state index contributed by atoms with van der Waals surface area (Å²) in [6, 6.07) is 9.31. The smallest absolute Gasteiger partial charge is 0.124 e. The molecule has 0 saturated heterocycles. The van der Waals surface area contributed by atoms with Crippen LogP contribution in [0.15, 0.2) is 24.3 Å². The number of hydrogen-bond acceptors (Lipinski definition) is 3. The minimum Gasteiger partial charge on any atom is -0.493 e. The van der Waals surface area contributed by atoms with Gasteiger partial charge < -0.3 is 15.0 Å². The molecule has 0 fully saturated rings. The van der Waals surface area contributed by atoms with Crippen molar-refractivity contribution in [3.63, 3.8) is 0 Å². The molecule has 1 aliphatic rings. The number of hydrogen-bond donors (Lipinski definition) is 1. The molecule has 0 amide bonds. The van der Waals surface area contributed by atoms with Crippen molar-refractivity contribution in [1.29, 1.82) is 0 Å². The van der Waals surface area contributed by atoms with Gasteiger partial charge in [0.05, 0.1) is 6.61 Å². The van der Waals surface area contributed by atoms with Crippen LogP contribution in [0.3, 0.4) is 0 Å². The van der Waals surface area contributed by atoms with Crippen LogP contribution < -0.4 is 10.1 Å². The average molecular weight is 262 g/mol. The van der Waals surface area contributed by atoms with Crippen molar-refractivity contribution in [3.05, 3.63) is 29.8 Å². The van der Waals surface area contributed by atoms with E-state index in [0.29, 0.717) is 18.0 Å². The second-order valence-electron chi connectivity index (χ2n) is 6.01. The van der Waals surface area contributed by atoms with Gasteiger partial charge in [-0.1, -0.05) is 32.0 Å². The molecule has 1 aromatic carbocycles. The molecule has 0 aromatic heterocycles. The first-order valence-electron chi connectivity index (χ1n) is 7.20. The van der Waals surface area contributed by atoms with Gasteiger partial charge >= 0.3 is 0 Å². The summed E-state index contributed by atoms with van der Waals surface area (Å²) >= 11 is 0. The van der Waals surface area contributed by atoms with E-state index in [1.54, 1.807) is 0 Å². The Bertz CT molecular complexity index is 403. The first-order chi connectivity index (χ1) is 9.08. The van der Waals surface area contributed by atoms with E-state index < -0.39 is 0 Å². The fourth-order valence-electron chi connectivity index (χ4n) is 2.62. The lowest BCUT2D eigenvalue weighted by Gasteiger charge is -2.33. The third-order valence-corrected chi connectivity index (χ3v) is 3.74. The quantitative estimate of drug-likeness (QED) is 0.883. The van der Waals surface area contributed by atoms with Gasteiger partial charge in [0.25, 0.3) is 0 Å². The van der Waals surface area contributed by atoms with Gasteiger partial charge in [-0.3, -0.25) is 0 Å². The van der Waals surface area contributed by atoms with Gasteiger partial charge in [0.2, 0.25) is 0 Å². The van der Waals surface area contributed by atoms with Crippen molar-refractivity contribution in [2.45, 2.75) is 32.4 Å². The molecular weight excluding hydrogens is 236 g/mol. The molecule has 1 heterocycles. The number of ether oxygens (including phenoxy) is 1. The molecule has 1 aliphatic heterocycles. The minimum atomic E-state index is 0.414. The summed E-state index contributed by atoms with van der Waals surface area (Å²) in [5.74, 6) is 1.66. The van der Waals surface area contributed by atoms with Gasteiger partial charge in [-0.25, -0.2) is 0 Å². The Morgan fingerprint density at radius 3 is 2.74 bits per heavy atom. The Kier molecular flexibility index (Phi) is 4.83. The highest BCUT2D eigenvalue weighted by Crippen LogP contribution is 2.32. The summed E-state index contributed by atoms with van der Waals surface area (Å²) in [4.78, 5) is 2.25. The number of para-hydroxylation sites is 1. The van der Waals surface area contributed by atoms with Crippen LogP contribution >= 0.6 is 0 Å². The van der Waals surface area contributed by atoms with Crippen LogP contribution in [0, 0.1) is 5.92 Å². The lowest BCUT2D eigenvalue weighted by atomic mass is 9.96. The summed E-state index contributed by atoms with van der Waals surface area (Å²) in [5, 5.41) is 3.82. The van der Waals surface area contributed by atoms with Crippen LogP contribution in [0.25, 0.3) is 0 Å². The maximum atomic E-state index is 5.73. The fourth-order valence-corrected chi connectivity index (χ4v) is 2.62. The van der Waals surface area contributed by atoms with E-state index in [9.17, 15) is 0 Å². The molecule has 0 radical (unpaired) electrons. The van der Waals surface area contributed by atoms with Gasteiger partial charge in [0.15, 0.2) is 0 Å². The molecule has 3 heteroatoms. The van der Waals surface area contributed by atoms with Crippen molar-refractivity contribution >= 4 is 0 Å². The van der Waals surface area contributed by atoms with Crippen LogP contribution in [0.1, 0.15) is 31.9 Å². The van der Waals surface area contributed by atoms with E-state index in [0.717, 1.165) is 25.3 Å². The lowest BCUT2D eigenvalue weighted by molar-refractivity contribution is 0.215. The first kappa shape index (κ1) is 14.4. The third kappa shape index (κ3) is 3.71. The zero-order valence-electron chi connectivity index (χ0n) is 12.5. The number of fused-ring (bicyclic) bond motifs is 1. The molecule has 0 spiro atoms. The summed E-state index contributed by atoms with van der Waals surface area (Å²) in [5.41, 5.74) is 1.30. The Balaban J connectivity index is 2.10. The molecular formula is C16H26N2O. The Hall–Kier alpha value is -1.06. The molecule has 0 bridgehead atoms. The minimum absolute atomic E-state index is 0.414. The summed E-state index contributed by atoms with van der Waals surface area (Å²) in [6.45, 7) is 6.44. The molecule has 2 atom stereocenters. The molecule has 2 rings (SSSR count). The van der Waals surface area contributed by atoms with Gasteiger partial charge in [-0.2, -0.15) is 0 Å². The van der Waals surface area contributed by atoms with E-state index in [4.69, 9.17) is 4.74 Å². The highest BCUT2D eigenvalue weighted by atomic mass is 16.5. The van der Waals surface area contributed by atoms with E-state index in [1.165, 1.54) is 5.56 Å². The number of nitrogens with one attached hydrogen (secondary N) is 1. The molecule has 106 valence electrons. The Labute approximate surface area is 116 Å². The Morgan fingerprint density at radius 2 is 2.05 bits per heavy atom. The van der Waals surface area contributed by atoms with E-state index >= 15 is 0 Å². The van der Waals surface area contributed by atoms with Crippen molar-refractivity contribution in [3.8, 4) is 5.75 Å². The van der Waals surface area contributed by atoms with Crippen LogP contribution in [0.2, 0.25) is 0 Å². The topological polar surface area (TPSA) is 24.5 Å². The largest absolute Gasteiger partial charge is 0.493 e. The zero-order chi connectivity index (χ0) is 13.8. The van der Waals surface area contributed by atoms with Crippen molar-refractivity contribution in [1.82, 2.24) is 10.2 Å². The third-order valence-electron chi connectivity index (χ3n) is 3.74. The normalized spacial score (nSPS) is 20.2. The van der Waals surface area contributed by atoms with Crippen molar-refractivity contribution in [2.24, 2.45) is 5.92 Å². The van der Waals surface area contributed by atoms with E-state index in [2.05, 4.69) is 56.4 Å². The van der Waals surface area contributed by atoms with Crippen molar-refractivity contribution < 1.29 is 4.74 Å². The van der Waals surface area contributed by atoms with Crippen LogP contribution in [-0.2, 0) is 0 Å². The van der Waals surface area contributed by atoms with Crippen LogP contribution in [0.4, 0.5) is 0 Å². The second kappa shape index (κ2) is 6.40. The van der Waals surface area contributed by atoms with Crippen LogP contribution in [-0.4, -0.2) is 38.2 Å². The number of rotatable bonds is 5. The number of benzene rings is 1. The van der Waals surface area contributed by atoms with E-state index in [1.807, 2.05) is 6.07 Å². The maximum absolute atomic E-state index is 5.73. The van der Waals surface area contributed by atoms with Gasteiger partial charge in [0.1, 0.15) is 5.75 Å². The summed E-state index contributed by atoms with van der Waals surface area (Å²) in [6.07, 6.45) is 1.05. The maximum Gasteiger partial charge on any atom is 0.124 e. The predicted octanol–water partition coefficient (Wildman–Crippen LogP) is 2.69. The number of likely N-dealkylation sites (N-methyl/N-ethyl adjacent to an activating group) is 1. The van der Waals surface area contributed by atoms with Crippen molar-refractivity contribution in [2.75, 3.05) is 27.2 Å². The zero-order valence-corrected chi connectivity index (χ0v) is 12.5. The molecule has 19 heavy (non-hydrogen) atoms. The molecule has 1 aromatic rings. The van der Waals surface area contributed by atoms with Gasteiger partial charge in [-0.15, -0.1) is 0 Å². The second-order valence-corrected chi connectivity index (χ2v) is 6.01. The lowest BCUT2D eigenvalue weighted by Crippen LogP contribution is -2.44. The molecule has 3 nitrogen and oxygen atoms in total. The van der Waals surface area contributed by atoms with Crippen LogP contribution in [0.5, 0.6) is 5.75 Å². The average Bonchev–Trinajstić information content (AvgIpc) is 2.37. The van der Waals surface area contributed by atoms with E-state index in [-0.39, 0.29) is 0 Å². The molecule has 0 aliphatic carbocycles. The first-order valence-corrected chi connectivity index (χ1v) is 7.20.